The van der Waals surface area contributed by atoms with Crippen LogP contribution >= 0.6 is 0 Å². The number of nitrogens with zero attached hydrogens (tertiary/aromatic N) is 2. The van der Waals surface area contributed by atoms with E-state index in [1.807, 2.05) is 24.3 Å². The van der Waals surface area contributed by atoms with Gasteiger partial charge in [0.2, 0.25) is 0 Å². The lowest BCUT2D eigenvalue weighted by Gasteiger charge is -2.26. The molecule has 2 fully saturated rings. The van der Waals surface area contributed by atoms with Gasteiger partial charge in [0.25, 0.3) is 0 Å². The third kappa shape index (κ3) is 5.88. The summed E-state index contributed by atoms with van der Waals surface area (Å²) in [4.78, 5) is 19.7. The summed E-state index contributed by atoms with van der Waals surface area (Å²) >= 11 is 0. The van der Waals surface area contributed by atoms with Crippen molar-refractivity contribution in [1.29, 1.82) is 0 Å². The first-order valence-corrected chi connectivity index (χ1v) is 9.01. The number of urea groups is 1. The zero-order valence-electron chi connectivity index (χ0n) is 14.6. The summed E-state index contributed by atoms with van der Waals surface area (Å²) in [6.07, 6.45) is 1.99. The summed E-state index contributed by atoms with van der Waals surface area (Å²) in [5.74, 6) is 0.828. The van der Waals surface area contributed by atoms with Gasteiger partial charge < -0.3 is 14.8 Å². The third-order valence-corrected chi connectivity index (χ3v) is 4.35. The van der Waals surface area contributed by atoms with Crippen LogP contribution < -0.4 is 10.1 Å². The van der Waals surface area contributed by atoms with Crippen molar-refractivity contribution < 1.29 is 19.1 Å². The van der Waals surface area contributed by atoms with Crippen molar-refractivity contribution in [2.24, 2.45) is 0 Å². The smallest absolute Gasteiger partial charge is 0.341 e. The molecule has 1 N–H and O–H groups in total. The highest BCUT2D eigenvalue weighted by Crippen LogP contribution is 2.14. The van der Waals surface area contributed by atoms with Gasteiger partial charge in [0.05, 0.1) is 26.4 Å². The van der Waals surface area contributed by atoms with Crippen LogP contribution in [0.15, 0.2) is 24.3 Å². The number of nitrogens with one attached hydrogen (secondary N) is 1. The van der Waals surface area contributed by atoms with Gasteiger partial charge in [-0.2, -0.15) is 0 Å². The zero-order valence-corrected chi connectivity index (χ0v) is 14.6. The molecule has 2 amide bonds. The van der Waals surface area contributed by atoms with Gasteiger partial charge in [0.15, 0.2) is 0 Å². The maximum Gasteiger partial charge on any atom is 0.341 e. The highest BCUT2D eigenvalue weighted by atomic mass is 16.7. The summed E-state index contributed by atoms with van der Waals surface area (Å²) in [6.45, 7) is 6.80. The molecule has 0 saturated carbocycles. The average Bonchev–Trinajstić information content (AvgIpc) is 2.68. The summed E-state index contributed by atoms with van der Waals surface area (Å²) in [5, 5.41) is 4.30. The van der Waals surface area contributed by atoms with E-state index in [0.29, 0.717) is 26.3 Å². The van der Waals surface area contributed by atoms with Crippen molar-refractivity contribution >= 4 is 6.03 Å². The number of hydrogen-bond donors (Lipinski definition) is 1. The molecule has 0 bridgehead atoms. The Bertz CT molecular complexity index is 543. The number of hydroxylamine groups is 2. The Balaban J connectivity index is 1.40. The second kappa shape index (κ2) is 9.60. The average molecular weight is 349 g/mol. The lowest BCUT2D eigenvalue weighted by atomic mass is 10.2. The van der Waals surface area contributed by atoms with Crippen molar-refractivity contribution in [3.63, 3.8) is 0 Å². The minimum Gasteiger partial charge on any atom is -0.492 e. The van der Waals surface area contributed by atoms with Crippen LogP contribution in [0.25, 0.3) is 0 Å². The molecule has 2 aliphatic heterocycles. The summed E-state index contributed by atoms with van der Waals surface area (Å²) in [6, 6.07) is 7.66. The maximum atomic E-state index is 12.0. The topological polar surface area (TPSA) is 63.3 Å². The Morgan fingerprint density at radius 3 is 2.84 bits per heavy atom. The molecular formula is C18H27N3O4. The number of rotatable bonds is 6. The molecule has 1 aromatic rings. The van der Waals surface area contributed by atoms with E-state index in [1.165, 1.54) is 5.06 Å². The second-order valence-corrected chi connectivity index (χ2v) is 6.25. The first kappa shape index (κ1) is 18.0. The van der Waals surface area contributed by atoms with Gasteiger partial charge in [-0.05, 0) is 30.5 Å². The number of ether oxygens (including phenoxy) is 2. The molecule has 0 unspecified atom stereocenters. The van der Waals surface area contributed by atoms with E-state index in [9.17, 15) is 4.79 Å². The molecule has 0 atom stereocenters. The Labute approximate surface area is 148 Å². The lowest BCUT2D eigenvalue weighted by Crippen LogP contribution is -2.42. The van der Waals surface area contributed by atoms with E-state index in [2.05, 4.69) is 10.2 Å². The van der Waals surface area contributed by atoms with Gasteiger partial charge in [0, 0.05) is 26.2 Å². The van der Waals surface area contributed by atoms with Gasteiger partial charge in [-0.25, -0.2) is 9.86 Å². The van der Waals surface area contributed by atoms with Gasteiger partial charge in [-0.3, -0.25) is 9.74 Å². The summed E-state index contributed by atoms with van der Waals surface area (Å²) in [7, 11) is 0. The molecule has 7 nitrogen and oxygen atoms in total. The Morgan fingerprint density at radius 2 is 2.04 bits per heavy atom. The number of morpholine rings is 1. The van der Waals surface area contributed by atoms with Crippen molar-refractivity contribution in [3.8, 4) is 5.75 Å². The molecule has 3 rings (SSSR count). The molecule has 138 valence electrons. The molecule has 1 aromatic carbocycles. The largest absolute Gasteiger partial charge is 0.492 e. The fraction of sp³-hybridized carbons (Fsp3) is 0.611. The van der Waals surface area contributed by atoms with Crippen LogP contribution in [-0.2, 0) is 16.1 Å². The lowest BCUT2D eigenvalue weighted by molar-refractivity contribution is -0.139. The molecule has 2 heterocycles. The number of amides is 2. The van der Waals surface area contributed by atoms with Crippen molar-refractivity contribution in [2.75, 3.05) is 52.6 Å². The van der Waals surface area contributed by atoms with Crippen LogP contribution in [0.3, 0.4) is 0 Å². The van der Waals surface area contributed by atoms with Gasteiger partial charge in [-0.15, -0.1) is 0 Å². The molecule has 0 spiro atoms. The predicted molar refractivity (Wildman–Crippen MR) is 93.3 cm³/mol. The third-order valence-electron chi connectivity index (χ3n) is 4.35. The number of carbonyl (C=O) groups is 1. The quantitative estimate of drug-likeness (QED) is 0.846. The van der Waals surface area contributed by atoms with Gasteiger partial charge in [0.1, 0.15) is 12.4 Å². The minimum absolute atomic E-state index is 0.182. The maximum absolute atomic E-state index is 12.0. The number of hydrogen-bond acceptors (Lipinski definition) is 5. The Hall–Kier alpha value is -1.83. The molecular weight excluding hydrogens is 322 g/mol. The van der Waals surface area contributed by atoms with E-state index >= 15 is 0 Å². The van der Waals surface area contributed by atoms with Crippen LogP contribution in [-0.4, -0.2) is 68.6 Å². The van der Waals surface area contributed by atoms with E-state index in [-0.39, 0.29) is 6.03 Å². The summed E-state index contributed by atoms with van der Waals surface area (Å²) in [5.41, 5.74) is 1.01. The van der Waals surface area contributed by atoms with Crippen molar-refractivity contribution in [2.45, 2.75) is 19.4 Å². The van der Waals surface area contributed by atoms with Crippen LogP contribution in [0.1, 0.15) is 18.4 Å². The van der Waals surface area contributed by atoms with E-state index < -0.39 is 0 Å². The number of carbonyl (C=O) groups excluding carboxylic acids is 1. The Morgan fingerprint density at radius 1 is 1.16 bits per heavy atom. The fourth-order valence-corrected chi connectivity index (χ4v) is 2.89. The highest BCUT2D eigenvalue weighted by Gasteiger charge is 2.17. The molecule has 0 radical (unpaired) electrons. The standard InChI is InChI=1S/C18H27N3O4/c22-18(21-6-1-2-10-25-21)19-15-16-4-3-5-17(14-16)24-13-9-20-7-11-23-12-8-20/h3-5,14H,1-2,6-13,15H2,(H,19,22). The molecule has 2 saturated heterocycles. The van der Waals surface area contributed by atoms with Crippen molar-refractivity contribution in [3.05, 3.63) is 29.8 Å². The van der Waals surface area contributed by atoms with E-state index in [1.54, 1.807) is 0 Å². The molecule has 0 aliphatic carbocycles. The van der Waals surface area contributed by atoms with Crippen LogP contribution in [0.4, 0.5) is 4.79 Å². The molecule has 2 aliphatic rings. The predicted octanol–water partition coefficient (Wildman–Crippen LogP) is 1.63. The van der Waals surface area contributed by atoms with Gasteiger partial charge >= 0.3 is 6.03 Å². The normalized spacial score (nSPS) is 18.8. The second-order valence-electron chi connectivity index (χ2n) is 6.25. The van der Waals surface area contributed by atoms with Crippen LogP contribution in [0.2, 0.25) is 0 Å². The molecule has 25 heavy (non-hydrogen) atoms. The van der Waals surface area contributed by atoms with Crippen LogP contribution in [0.5, 0.6) is 5.75 Å². The zero-order chi connectivity index (χ0) is 17.3. The Kier molecular flexibility index (Phi) is 6.90. The monoisotopic (exact) mass is 349 g/mol. The van der Waals surface area contributed by atoms with Crippen molar-refractivity contribution in [1.82, 2.24) is 15.3 Å². The SMILES string of the molecule is O=C(NCc1cccc(OCCN2CCOCC2)c1)N1CCCCO1. The van der Waals surface area contributed by atoms with E-state index in [0.717, 1.165) is 57.0 Å². The first-order chi connectivity index (χ1) is 12.3. The fourth-order valence-electron chi connectivity index (χ4n) is 2.89. The van der Waals surface area contributed by atoms with Crippen LogP contribution in [0, 0.1) is 0 Å². The van der Waals surface area contributed by atoms with Gasteiger partial charge in [-0.1, -0.05) is 12.1 Å². The number of benzene rings is 1. The summed E-state index contributed by atoms with van der Waals surface area (Å²) < 4.78 is 11.2. The molecule has 7 heteroatoms. The highest BCUT2D eigenvalue weighted by molar-refractivity contribution is 5.73. The first-order valence-electron chi connectivity index (χ1n) is 9.01. The van der Waals surface area contributed by atoms with E-state index in [4.69, 9.17) is 14.3 Å². The molecule has 0 aromatic heterocycles. The minimum atomic E-state index is -0.182.